The number of halogens is 3. The van der Waals surface area contributed by atoms with Crippen LogP contribution in [0.15, 0.2) is 53.7 Å². The number of hydrogen-bond donors (Lipinski definition) is 0. The number of alkyl halides is 3. The van der Waals surface area contributed by atoms with Crippen LogP contribution >= 0.6 is 0 Å². The molecule has 6 heteroatoms. The Bertz CT molecular complexity index is 718. The molecule has 0 heterocycles. The van der Waals surface area contributed by atoms with Crippen LogP contribution in [0.3, 0.4) is 0 Å². The van der Waals surface area contributed by atoms with Gasteiger partial charge in [-0.05, 0) is 29.8 Å². The van der Waals surface area contributed by atoms with Gasteiger partial charge >= 0.3 is 6.18 Å². The second kappa shape index (κ2) is 6.76. The minimum absolute atomic E-state index is 0.0987. The molecule has 0 bridgehead atoms. The third-order valence-corrected chi connectivity index (χ3v) is 2.72. The largest absolute Gasteiger partial charge is 0.416 e. The summed E-state index contributed by atoms with van der Waals surface area (Å²) in [5, 5.41) is 12.3. The predicted octanol–water partition coefficient (Wildman–Crippen LogP) is 4.00. The Hall–Kier alpha value is -2.81. The van der Waals surface area contributed by atoms with Gasteiger partial charge in [-0.1, -0.05) is 29.4 Å². The van der Waals surface area contributed by atoms with Crippen LogP contribution in [0, 0.1) is 11.3 Å². The lowest BCUT2D eigenvalue weighted by Crippen LogP contribution is -2.05. The predicted molar refractivity (Wildman–Crippen MR) is 73.9 cm³/mol. The van der Waals surface area contributed by atoms with E-state index >= 15 is 0 Å². The smallest absolute Gasteiger partial charge is 0.390 e. The Kier molecular flexibility index (Phi) is 4.79. The Balaban J connectivity index is 1.97. The molecule has 0 unspecified atom stereocenters. The van der Waals surface area contributed by atoms with Gasteiger partial charge in [0.05, 0.1) is 17.2 Å². The SMILES string of the molecule is N#Cc1cccc(CO/N=[C]\c2cccc(C(F)(F)F)c2)c1. The maximum Gasteiger partial charge on any atom is 0.416 e. The maximum absolute atomic E-state index is 12.5. The summed E-state index contributed by atoms with van der Waals surface area (Å²) >= 11 is 0. The molecule has 3 nitrogen and oxygen atoms in total. The molecule has 22 heavy (non-hydrogen) atoms. The van der Waals surface area contributed by atoms with E-state index in [4.69, 9.17) is 10.1 Å². The lowest BCUT2D eigenvalue weighted by atomic mass is 10.1. The second-order valence-corrected chi connectivity index (χ2v) is 4.37. The van der Waals surface area contributed by atoms with Crippen LogP contribution in [-0.2, 0) is 17.6 Å². The van der Waals surface area contributed by atoms with Crippen molar-refractivity contribution in [3.05, 3.63) is 70.8 Å². The van der Waals surface area contributed by atoms with E-state index < -0.39 is 11.7 Å². The molecule has 0 aliphatic carbocycles. The molecule has 0 amide bonds. The first-order valence-electron chi connectivity index (χ1n) is 6.23. The van der Waals surface area contributed by atoms with Gasteiger partial charge in [0.1, 0.15) is 12.8 Å². The summed E-state index contributed by atoms with van der Waals surface area (Å²) < 4.78 is 37.6. The number of nitriles is 1. The van der Waals surface area contributed by atoms with Gasteiger partial charge < -0.3 is 4.84 Å². The number of rotatable bonds is 4. The van der Waals surface area contributed by atoms with Crippen LogP contribution in [0.5, 0.6) is 0 Å². The van der Waals surface area contributed by atoms with Crippen LogP contribution in [0.1, 0.15) is 22.3 Å². The first kappa shape index (κ1) is 15.6. The zero-order valence-electron chi connectivity index (χ0n) is 11.3. The molecular formula is C16H10F3N2O. The van der Waals surface area contributed by atoms with Gasteiger partial charge in [0.25, 0.3) is 0 Å². The monoisotopic (exact) mass is 303 g/mol. The third kappa shape index (κ3) is 4.35. The van der Waals surface area contributed by atoms with Crippen molar-refractivity contribution in [2.45, 2.75) is 12.8 Å². The van der Waals surface area contributed by atoms with Crippen LogP contribution in [-0.4, -0.2) is 6.21 Å². The fourth-order valence-electron chi connectivity index (χ4n) is 1.69. The normalized spacial score (nSPS) is 11.4. The third-order valence-electron chi connectivity index (χ3n) is 2.72. The highest BCUT2D eigenvalue weighted by atomic mass is 19.4. The van der Waals surface area contributed by atoms with E-state index in [1.165, 1.54) is 12.1 Å². The van der Waals surface area contributed by atoms with Crippen LogP contribution in [0.4, 0.5) is 13.2 Å². The minimum Gasteiger partial charge on any atom is -0.390 e. The summed E-state index contributed by atoms with van der Waals surface area (Å²) in [6.45, 7) is 0.0987. The summed E-state index contributed by atoms with van der Waals surface area (Å²) in [6, 6.07) is 13.4. The Morgan fingerprint density at radius 2 is 1.77 bits per heavy atom. The van der Waals surface area contributed by atoms with Gasteiger partial charge in [-0.2, -0.15) is 18.4 Å². The van der Waals surface area contributed by atoms with E-state index in [-0.39, 0.29) is 12.2 Å². The second-order valence-electron chi connectivity index (χ2n) is 4.37. The maximum atomic E-state index is 12.5. The highest BCUT2D eigenvalue weighted by Crippen LogP contribution is 2.29. The standard InChI is InChI=1S/C16H10F3N2O/c17-16(18,19)15-6-2-4-13(8-15)10-21-22-11-14-5-1-3-12(7-14)9-20/h1-8H,11H2. The van der Waals surface area contributed by atoms with Crippen molar-refractivity contribution in [3.63, 3.8) is 0 Å². The van der Waals surface area contributed by atoms with Gasteiger partial charge in [0.2, 0.25) is 0 Å². The Morgan fingerprint density at radius 1 is 1.05 bits per heavy atom. The molecule has 0 aliphatic rings. The highest BCUT2D eigenvalue weighted by molar-refractivity contribution is 5.79. The van der Waals surface area contributed by atoms with E-state index in [1.807, 2.05) is 6.07 Å². The van der Waals surface area contributed by atoms with Crippen molar-refractivity contribution in [1.29, 1.82) is 5.26 Å². The molecule has 0 aromatic heterocycles. The summed E-state index contributed by atoms with van der Waals surface area (Å²) in [7, 11) is 0. The molecule has 2 aromatic rings. The van der Waals surface area contributed by atoms with Gasteiger partial charge in [0.15, 0.2) is 0 Å². The van der Waals surface area contributed by atoms with Crippen molar-refractivity contribution >= 4 is 6.21 Å². The number of nitrogens with zero attached hydrogens (tertiary/aromatic N) is 2. The molecule has 0 aliphatic heterocycles. The van der Waals surface area contributed by atoms with Crippen molar-refractivity contribution in [2.24, 2.45) is 5.16 Å². The fourth-order valence-corrected chi connectivity index (χ4v) is 1.69. The van der Waals surface area contributed by atoms with Crippen molar-refractivity contribution in [2.75, 3.05) is 0 Å². The fraction of sp³-hybridized carbons (Fsp3) is 0.125. The van der Waals surface area contributed by atoms with E-state index in [1.54, 1.807) is 24.3 Å². The summed E-state index contributed by atoms with van der Waals surface area (Å²) in [5.41, 5.74) is 0.621. The summed E-state index contributed by atoms with van der Waals surface area (Å²) in [5.74, 6) is 0. The van der Waals surface area contributed by atoms with E-state index in [0.29, 0.717) is 5.56 Å². The van der Waals surface area contributed by atoms with Crippen LogP contribution < -0.4 is 0 Å². The average molecular weight is 303 g/mol. The lowest BCUT2D eigenvalue weighted by molar-refractivity contribution is -0.137. The molecule has 0 fully saturated rings. The molecule has 1 radical (unpaired) electrons. The quantitative estimate of drug-likeness (QED) is 0.633. The zero-order chi connectivity index (χ0) is 16.0. The lowest BCUT2D eigenvalue weighted by Gasteiger charge is -2.06. The molecule has 2 rings (SSSR count). The van der Waals surface area contributed by atoms with E-state index in [0.717, 1.165) is 17.7 Å². The first-order valence-corrected chi connectivity index (χ1v) is 6.23. The van der Waals surface area contributed by atoms with E-state index in [9.17, 15) is 13.2 Å². The highest BCUT2D eigenvalue weighted by Gasteiger charge is 2.30. The van der Waals surface area contributed by atoms with Crippen molar-refractivity contribution < 1.29 is 18.0 Å². The molecule has 0 spiro atoms. The van der Waals surface area contributed by atoms with Gasteiger partial charge in [-0.3, -0.25) is 0 Å². The summed E-state index contributed by atoms with van der Waals surface area (Å²) in [6.07, 6.45) is -2.01. The first-order chi connectivity index (χ1) is 10.5. The molecule has 0 saturated carbocycles. The Morgan fingerprint density at radius 3 is 2.50 bits per heavy atom. The molecular weight excluding hydrogens is 293 g/mol. The Labute approximate surface area is 125 Å². The molecule has 0 atom stereocenters. The molecule has 0 saturated heterocycles. The average Bonchev–Trinajstić information content (AvgIpc) is 2.51. The van der Waals surface area contributed by atoms with Crippen LogP contribution in [0.2, 0.25) is 0 Å². The van der Waals surface area contributed by atoms with Gasteiger partial charge in [-0.25, -0.2) is 0 Å². The van der Waals surface area contributed by atoms with Crippen molar-refractivity contribution in [1.82, 2.24) is 0 Å². The van der Waals surface area contributed by atoms with Gasteiger partial charge in [-0.15, -0.1) is 0 Å². The van der Waals surface area contributed by atoms with Crippen LogP contribution in [0.25, 0.3) is 0 Å². The molecule has 111 valence electrons. The summed E-state index contributed by atoms with van der Waals surface area (Å²) in [4.78, 5) is 4.97. The van der Waals surface area contributed by atoms with E-state index in [2.05, 4.69) is 11.4 Å². The topological polar surface area (TPSA) is 45.4 Å². The minimum atomic E-state index is -4.41. The number of hydrogen-bond acceptors (Lipinski definition) is 3. The molecule has 0 N–H and O–H groups in total. The van der Waals surface area contributed by atoms with Crippen molar-refractivity contribution in [3.8, 4) is 6.07 Å². The molecule has 2 aromatic carbocycles. The number of benzene rings is 2. The van der Waals surface area contributed by atoms with Gasteiger partial charge in [0, 0.05) is 5.56 Å². The zero-order valence-corrected chi connectivity index (χ0v) is 11.3.